The number of amides is 1. The lowest BCUT2D eigenvalue weighted by molar-refractivity contribution is -0.144. The van der Waals surface area contributed by atoms with Crippen molar-refractivity contribution >= 4 is 11.7 Å². The summed E-state index contributed by atoms with van der Waals surface area (Å²) < 4.78 is 5.67. The predicted octanol–water partition coefficient (Wildman–Crippen LogP) is 1.57. The van der Waals surface area contributed by atoms with Crippen molar-refractivity contribution in [3.8, 4) is 0 Å². The molecule has 120 valence electrons. The van der Waals surface area contributed by atoms with Crippen molar-refractivity contribution in [1.82, 2.24) is 15.1 Å². The van der Waals surface area contributed by atoms with E-state index in [4.69, 9.17) is 4.74 Å². The van der Waals surface area contributed by atoms with E-state index >= 15 is 0 Å². The van der Waals surface area contributed by atoms with Crippen LogP contribution < -0.4 is 0 Å². The quantitative estimate of drug-likeness (QED) is 0.920. The van der Waals surface area contributed by atoms with Gasteiger partial charge >= 0.3 is 0 Å². The predicted molar refractivity (Wildman–Crippen MR) is 80.6 cm³/mol. The molecule has 0 saturated carbocycles. The van der Waals surface area contributed by atoms with E-state index in [1.54, 1.807) is 11.0 Å². The van der Waals surface area contributed by atoms with Gasteiger partial charge < -0.3 is 9.64 Å². The Labute approximate surface area is 130 Å². The molecule has 6 nitrogen and oxygen atoms in total. The van der Waals surface area contributed by atoms with Gasteiger partial charge in [0.1, 0.15) is 11.3 Å². The van der Waals surface area contributed by atoms with Crippen molar-refractivity contribution in [2.75, 3.05) is 19.7 Å². The molecule has 0 unspecified atom stereocenters. The number of hydrogen-bond acceptors (Lipinski definition) is 4. The van der Waals surface area contributed by atoms with Crippen molar-refractivity contribution in [2.24, 2.45) is 5.92 Å². The van der Waals surface area contributed by atoms with Gasteiger partial charge in [-0.3, -0.25) is 14.7 Å². The number of rotatable bonds is 3. The topological polar surface area (TPSA) is 75.3 Å². The van der Waals surface area contributed by atoms with E-state index in [0.717, 1.165) is 25.0 Å². The van der Waals surface area contributed by atoms with E-state index in [-0.39, 0.29) is 18.2 Å². The zero-order valence-corrected chi connectivity index (χ0v) is 13.2. The molecule has 2 aliphatic heterocycles. The van der Waals surface area contributed by atoms with Crippen LogP contribution in [-0.4, -0.2) is 52.1 Å². The van der Waals surface area contributed by atoms with E-state index in [9.17, 15) is 9.59 Å². The summed E-state index contributed by atoms with van der Waals surface area (Å²) in [5.74, 6) is 0.356. The van der Waals surface area contributed by atoms with Crippen LogP contribution >= 0.6 is 0 Å². The maximum absolute atomic E-state index is 12.5. The third-order valence-corrected chi connectivity index (χ3v) is 4.50. The molecule has 1 aromatic heterocycles. The van der Waals surface area contributed by atoms with E-state index in [1.165, 1.54) is 0 Å². The lowest BCUT2D eigenvalue weighted by Crippen LogP contribution is -2.53. The zero-order chi connectivity index (χ0) is 15.7. The van der Waals surface area contributed by atoms with Gasteiger partial charge in [0.2, 0.25) is 0 Å². The minimum absolute atomic E-state index is 0.0301. The van der Waals surface area contributed by atoms with Crippen LogP contribution in [0, 0.1) is 5.92 Å². The number of ketones is 1. The maximum Gasteiger partial charge on any atom is 0.274 e. The largest absolute Gasteiger partial charge is 0.367 e. The van der Waals surface area contributed by atoms with Gasteiger partial charge in [-0.25, -0.2) is 0 Å². The highest BCUT2D eigenvalue weighted by Gasteiger charge is 2.46. The summed E-state index contributed by atoms with van der Waals surface area (Å²) in [7, 11) is 0. The molecule has 1 spiro atoms. The average molecular weight is 305 g/mol. The van der Waals surface area contributed by atoms with Gasteiger partial charge in [0, 0.05) is 25.3 Å². The van der Waals surface area contributed by atoms with E-state index < -0.39 is 5.60 Å². The van der Waals surface area contributed by atoms with Crippen LogP contribution in [0.1, 0.15) is 49.3 Å². The number of likely N-dealkylation sites (tertiary alicyclic amines) is 1. The molecule has 1 N–H and O–H groups in total. The molecule has 0 aliphatic carbocycles. The molecule has 6 heteroatoms. The van der Waals surface area contributed by atoms with Crippen LogP contribution in [-0.2, 0) is 16.0 Å². The highest BCUT2D eigenvalue weighted by atomic mass is 16.5. The van der Waals surface area contributed by atoms with Crippen molar-refractivity contribution in [2.45, 2.75) is 45.1 Å². The monoisotopic (exact) mass is 305 g/mol. The third kappa shape index (κ3) is 2.79. The number of aromatic amines is 1. The van der Waals surface area contributed by atoms with Gasteiger partial charge in [0.25, 0.3) is 5.91 Å². The smallest absolute Gasteiger partial charge is 0.274 e. The van der Waals surface area contributed by atoms with Gasteiger partial charge in [0.15, 0.2) is 5.78 Å². The van der Waals surface area contributed by atoms with Gasteiger partial charge in [-0.2, -0.15) is 5.10 Å². The fourth-order valence-corrected chi connectivity index (χ4v) is 3.32. The van der Waals surface area contributed by atoms with Crippen LogP contribution in [0.2, 0.25) is 0 Å². The van der Waals surface area contributed by atoms with Crippen LogP contribution in [0.15, 0.2) is 6.07 Å². The Hall–Kier alpha value is -1.69. The summed E-state index contributed by atoms with van der Waals surface area (Å²) >= 11 is 0. The first-order valence-electron chi connectivity index (χ1n) is 8.01. The number of Topliss-reactive ketones (excluding diaryl/α,β-unsaturated/α-hetero) is 1. The Balaban J connectivity index is 1.66. The standard InChI is InChI=1S/C16H23N3O3/c1-11(2)8-12-9-13(18-17-12)15(21)19-6-5-16(14(20)10-19)4-3-7-22-16/h9,11H,3-8,10H2,1-2H3,(H,17,18)/t16-/m1/s1. The SMILES string of the molecule is CC(C)Cc1cc(C(=O)N2CC[C@]3(CCCO3)C(=O)C2)n[nH]1. The Bertz CT molecular complexity index is 573. The molecule has 1 atom stereocenters. The fourth-order valence-electron chi connectivity index (χ4n) is 3.32. The average Bonchev–Trinajstić information content (AvgIpc) is 3.11. The third-order valence-electron chi connectivity index (χ3n) is 4.50. The van der Waals surface area contributed by atoms with E-state index in [1.807, 2.05) is 0 Å². The Morgan fingerprint density at radius 2 is 2.32 bits per heavy atom. The highest BCUT2D eigenvalue weighted by molar-refractivity contribution is 5.98. The van der Waals surface area contributed by atoms with Crippen LogP contribution in [0.4, 0.5) is 0 Å². The minimum Gasteiger partial charge on any atom is -0.367 e. The number of hydrogen-bond donors (Lipinski definition) is 1. The van der Waals surface area contributed by atoms with Crippen LogP contribution in [0.25, 0.3) is 0 Å². The molecule has 1 aromatic rings. The fraction of sp³-hybridized carbons (Fsp3) is 0.688. The normalized spacial score (nSPS) is 25.4. The summed E-state index contributed by atoms with van der Waals surface area (Å²) in [5, 5.41) is 7.01. The molecule has 2 saturated heterocycles. The van der Waals surface area contributed by atoms with Gasteiger partial charge in [-0.05, 0) is 31.2 Å². The molecule has 0 aromatic carbocycles. The molecule has 22 heavy (non-hydrogen) atoms. The number of H-pyrrole nitrogens is 1. The lowest BCUT2D eigenvalue weighted by atomic mass is 9.87. The van der Waals surface area contributed by atoms with Crippen LogP contribution in [0.3, 0.4) is 0 Å². The van der Waals surface area contributed by atoms with Crippen molar-refractivity contribution in [1.29, 1.82) is 0 Å². The number of nitrogens with zero attached hydrogens (tertiary/aromatic N) is 2. The number of ether oxygens (including phenoxy) is 1. The molecule has 0 radical (unpaired) electrons. The number of carbonyl (C=O) groups is 2. The van der Waals surface area contributed by atoms with Gasteiger partial charge in [-0.1, -0.05) is 13.8 Å². The van der Waals surface area contributed by atoms with E-state index in [2.05, 4.69) is 24.0 Å². The molecule has 3 heterocycles. The Kier molecular flexibility index (Phi) is 4.04. The second-order valence-corrected chi connectivity index (χ2v) is 6.72. The van der Waals surface area contributed by atoms with E-state index in [0.29, 0.717) is 31.2 Å². The summed E-state index contributed by atoms with van der Waals surface area (Å²) in [6.45, 7) is 5.57. The molecule has 2 fully saturated rings. The first kappa shape index (κ1) is 15.2. The summed E-state index contributed by atoms with van der Waals surface area (Å²) in [6, 6.07) is 1.79. The number of piperidine rings is 1. The molecule has 1 amide bonds. The summed E-state index contributed by atoms with van der Waals surface area (Å²) in [5.41, 5.74) is 0.731. The van der Waals surface area contributed by atoms with Gasteiger partial charge in [-0.15, -0.1) is 0 Å². The highest BCUT2D eigenvalue weighted by Crippen LogP contribution is 2.33. The first-order chi connectivity index (χ1) is 10.5. The zero-order valence-electron chi connectivity index (χ0n) is 13.2. The number of nitrogens with one attached hydrogen (secondary N) is 1. The lowest BCUT2D eigenvalue weighted by Gasteiger charge is -2.36. The molecular weight excluding hydrogens is 282 g/mol. The first-order valence-corrected chi connectivity index (χ1v) is 8.01. The molecule has 2 aliphatic rings. The summed E-state index contributed by atoms with van der Waals surface area (Å²) in [6.07, 6.45) is 3.17. The molecule has 0 bridgehead atoms. The molecule has 3 rings (SSSR count). The maximum atomic E-state index is 12.5. The number of aromatic nitrogens is 2. The van der Waals surface area contributed by atoms with Crippen LogP contribution in [0.5, 0.6) is 0 Å². The van der Waals surface area contributed by atoms with Crippen molar-refractivity contribution in [3.63, 3.8) is 0 Å². The minimum atomic E-state index is -0.620. The second kappa shape index (κ2) is 5.83. The Morgan fingerprint density at radius 1 is 1.50 bits per heavy atom. The van der Waals surface area contributed by atoms with Crippen molar-refractivity contribution < 1.29 is 14.3 Å². The summed E-state index contributed by atoms with van der Waals surface area (Å²) in [4.78, 5) is 26.5. The Morgan fingerprint density at radius 3 is 2.95 bits per heavy atom. The second-order valence-electron chi connectivity index (χ2n) is 6.72. The number of carbonyl (C=O) groups excluding carboxylic acids is 2. The molecular formula is C16H23N3O3. The van der Waals surface area contributed by atoms with Gasteiger partial charge in [0.05, 0.1) is 6.54 Å². The van der Waals surface area contributed by atoms with Crippen molar-refractivity contribution in [3.05, 3.63) is 17.5 Å².